The fourth-order valence-corrected chi connectivity index (χ4v) is 10.4. The van der Waals surface area contributed by atoms with Crippen LogP contribution in [0.4, 0.5) is 11.4 Å². The quantitative estimate of drug-likeness (QED) is 0.120. The molecule has 1 aromatic heterocycles. The van der Waals surface area contributed by atoms with E-state index < -0.39 is 64.3 Å². The molecule has 4 heterocycles. The van der Waals surface area contributed by atoms with Crippen molar-refractivity contribution in [3.63, 3.8) is 0 Å². The lowest BCUT2D eigenvalue weighted by Gasteiger charge is -2.63. The summed E-state index contributed by atoms with van der Waals surface area (Å²) >= 11 is 0. The van der Waals surface area contributed by atoms with E-state index in [2.05, 4.69) is 20.5 Å². The number of aromatic amines is 1. The number of nitrogens with one attached hydrogen (secondary N) is 3. The standard InChI is InChI=1S/C41H49N5O10/c1-7-39-15-10-17-46-18-16-40(35(39)46)26-20-28(31(53-4)21-30(26)45(3)36(40)41(52,38(51)55-6)37(39)56-23(2)47)43-32(48)13-14-33(49)44-29(34(50)54-5)19-24-22-42-27-12-9-8-11-25(24)27/h8-12,15,20-22,29,35-37,42,52H,7,13-14,16-19H2,1-6H3,(H,43,48)(H,44,49)/t29-,35-,36+,37+,39+,40+,41-/m0/s1. The van der Waals surface area contributed by atoms with Crippen molar-refractivity contribution in [2.24, 2.45) is 5.41 Å². The van der Waals surface area contributed by atoms with Crippen LogP contribution >= 0.6 is 0 Å². The molecular weight excluding hydrogens is 722 g/mol. The highest BCUT2D eigenvalue weighted by atomic mass is 16.6. The maximum atomic E-state index is 14.0. The predicted octanol–water partition coefficient (Wildman–Crippen LogP) is 2.74. The highest BCUT2D eigenvalue weighted by molar-refractivity contribution is 5.96. The van der Waals surface area contributed by atoms with E-state index in [4.69, 9.17) is 18.9 Å². The number of benzene rings is 2. The zero-order chi connectivity index (χ0) is 40.2. The molecule has 2 aromatic carbocycles. The first-order valence-corrected chi connectivity index (χ1v) is 18.9. The lowest BCUT2D eigenvalue weighted by Crippen LogP contribution is -2.81. The van der Waals surface area contributed by atoms with Gasteiger partial charge in [0.2, 0.25) is 17.4 Å². The average Bonchev–Trinajstić information content (AvgIpc) is 3.86. The molecule has 56 heavy (non-hydrogen) atoms. The van der Waals surface area contributed by atoms with Crippen LogP contribution in [0.5, 0.6) is 5.75 Å². The Morgan fingerprint density at radius 3 is 2.48 bits per heavy atom. The van der Waals surface area contributed by atoms with Crippen molar-refractivity contribution in [2.45, 2.75) is 81.2 Å². The summed E-state index contributed by atoms with van der Waals surface area (Å²) in [6.45, 7) is 4.49. The van der Waals surface area contributed by atoms with Crippen LogP contribution in [0.15, 0.2) is 54.7 Å². The van der Waals surface area contributed by atoms with Gasteiger partial charge in [0, 0.05) is 85.5 Å². The first-order chi connectivity index (χ1) is 26.8. The third-order valence-electron chi connectivity index (χ3n) is 12.5. The summed E-state index contributed by atoms with van der Waals surface area (Å²) in [5, 5.41) is 19.5. The molecule has 1 spiro atoms. The molecular formula is C41H49N5O10. The van der Waals surface area contributed by atoms with Crippen molar-refractivity contribution in [3.8, 4) is 5.75 Å². The number of H-pyrrole nitrogens is 1. The summed E-state index contributed by atoms with van der Waals surface area (Å²) in [7, 11) is 5.72. The van der Waals surface area contributed by atoms with E-state index >= 15 is 0 Å². The Morgan fingerprint density at radius 1 is 1.04 bits per heavy atom. The third-order valence-corrected chi connectivity index (χ3v) is 12.5. The van der Waals surface area contributed by atoms with Gasteiger partial charge in [-0.2, -0.15) is 0 Å². The highest BCUT2D eigenvalue weighted by Crippen LogP contribution is 2.67. The minimum Gasteiger partial charge on any atom is -0.494 e. The molecule has 4 aliphatic rings. The minimum absolute atomic E-state index is 0.193. The van der Waals surface area contributed by atoms with Crippen molar-refractivity contribution >= 4 is 52.0 Å². The zero-order valence-corrected chi connectivity index (χ0v) is 32.5. The number of aromatic nitrogens is 1. The van der Waals surface area contributed by atoms with Crippen molar-refractivity contribution in [2.75, 3.05) is 51.7 Å². The SMILES string of the molecule is CC[C@]12C=CCN3CC[C@@]4(c5cc(NC(=O)CCC(=O)N[C@@H](Cc6c[nH]c7ccccc67)C(=O)OC)c(OC)cc5N(C)[C@H]4[C@@](O)(C(=O)OC)[C@@H]1OC(C)=O)[C@@H]32. The molecule has 298 valence electrons. The molecule has 1 saturated carbocycles. The maximum Gasteiger partial charge on any atom is 0.344 e. The molecule has 15 heteroatoms. The summed E-state index contributed by atoms with van der Waals surface area (Å²) in [5.74, 6) is -2.79. The van der Waals surface area contributed by atoms with Gasteiger partial charge >= 0.3 is 17.9 Å². The number of hydrogen-bond acceptors (Lipinski definition) is 12. The number of carbonyl (C=O) groups is 5. The molecule has 2 amide bonds. The van der Waals surface area contributed by atoms with Gasteiger partial charge in [-0.15, -0.1) is 0 Å². The number of aliphatic hydroxyl groups is 1. The van der Waals surface area contributed by atoms with Crippen LogP contribution in [0.1, 0.15) is 50.7 Å². The van der Waals surface area contributed by atoms with E-state index in [-0.39, 0.29) is 25.3 Å². The Bertz CT molecular complexity index is 2120. The number of nitrogens with zero attached hydrogens (tertiary/aromatic N) is 2. The van der Waals surface area contributed by atoms with Crippen LogP contribution in [-0.2, 0) is 50.0 Å². The molecule has 7 atom stereocenters. The second-order valence-corrected chi connectivity index (χ2v) is 15.2. The van der Waals surface area contributed by atoms with Gasteiger partial charge in [0.05, 0.1) is 33.1 Å². The smallest absolute Gasteiger partial charge is 0.344 e. The highest BCUT2D eigenvalue weighted by Gasteiger charge is 2.80. The van der Waals surface area contributed by atoms with Gasteiger partial charge in [0.15, 0.2) is 6.10 Å². The average molecular weight is 772 g/mol. The Morgan fingerprint density at radius 2 is 1.79 bits per heavy atom. The molecule has 1 aliphatic carbocycles. The van der Waals surface area contributed by atoms with E-state index in [1.165, 1.54) is 28.3 Å². The fraction of sp³-hybridized carbons (Fsp3) is 0.488. The lowest BCUT2D eigenvalue weighted by atomic mass is 9.47. The van der Waals surface area contributed by atoms with Gasteiger partial charge in [0.1, 0.15) is 11.8 Å². The maximum absolute atomic E-state index is 14.0. The number of likely N-dealkylation sites (N-methyl/N-ethyl adjacent to an activating group) is 1. The van der Waals surface area contributed by atoms with Gasteiger partial charge in [0.25, 0.3) is 0 Å². The normalized spacial score (nSPS) is 27.8. The van der Waals surface area contributed by atoms with Crippen LogP contribution < -0.4 is 20.3 Å². The summed E-state index contributed by atoms with van der Waals surface area (Å²) in [4.78, 5) is 73.4. The topological polar surface area (TPSA) is 189 Å². The summed E-state index contributed by atoms with van der Waals surface area (Å²) < 4.78 is 22.0. The van der Waals surface area contributed by atoms with E-state index in [1.54, 1.807) is 19.3 Å². The predicted molar refractivity (Wildman–Crippen MR) is 205 cm³/mol. The number of anilines is 2. The molecule has 7 rings (SSSR count). The van der Waals surface area contributed by atoms with Crippen molar-refractivity contribution in [3.05, 3.63) is 65.9 Å². The molecule has 0 radical (unpaired) electrons. The van der Waals surface area contributed by atoms with Gasteiger partial charge in [-0.05, 0) is 42.6 Å². The number of para-hydroxylation sites is 1. The van der Waals surface area contributed by atoms with Crippen LogP contribution in [0.2, 0.25) is 0 Å². The van der Waals surface area contributed by atoms with Crippen LogP contribution in [0, 0.1) is 5.41 Å². The number of carbonyl (C=O) groups excluding carboxylic acids is 5. The number of amides is 2. The van der Waals surface area contributed by atoms with Crippen molar-refractivity contribution in [1.29, 1.82) is 0 Å². The van der Waals surface area contributed by atoms with E-state index in [0.717, 1.165) is 22.0 Å². The summed E-state index contributed by atoms with van der Waals surface area (Å²) in [6.07, 6.45) is 5.28. The molecule has 0 bridgehead atoms. The van der Waals surface area contributed by atoms with Gasteiger partial charge in [-0.3, -0.25) is 19.3 Å². The second kappa shape index (κ2) is 14.6. The van der Waals surface area contributed by atoms with E-state index in [9.17, 15) is 29.1 Å². The zero-order valence-electron chi connectivity index (χ0n) is 32.5. The first-order valence-electron chi connectivity index (χ1n) is 18.9. The fourth-order valence-electron chi connectivity index (χ4n) is 10.4. The van der Waals surface area contributed by atoms with Crippen LogP contribution in [0.3, 0.4) is 0 Å². The number of rotatable bonds is 12. The summed E-state index contributed by atoms with van der Waals surface area (Å²) in [6, 6.07) is 9.05. The van der Waals surface area contributed by atoms with Crippen LogP contribution in [0.25, 0.3) is 10.9 Å². The van der Waals surface area contributed by atoms with E-state index in [1.807, 2.05) is 54.3 Å². The molecule has 3 aliphatic heterocycles. The number of esters is 3. The number of methoxy groups -OCH3 is 3. The molecule has 15 nitrogen and oxygen atoms in total. The van der Waals surface area contributed by atoms with Gasteiger partial charge < -0.3 is 44.6 Å². The van der Waals surface area contributed by atoms with Gasteiger partial charge in [-0.25, -0.2) is 9.59 Å². The molecule has 0 unspecified atom stereocenters. The minimum atomic E-state index is -2.29. The molecule has 3 aromatic rings. The third kappa shape index (κ3) is 5.81. The number of ether oxygens (including phenoxy) is 4. The lowest BCUT2D eigenvalue weighted by molar-refractivity contribution is -0.228. The Balaban J connectivity index is 1.17. The van der Waals surface area contributed by atoms with Crippen molar-refractivity contribution < 1.29 is 48.0 Å². The molecule has 4 N–H and O–H groups in total. The Labute approximate surface area is 324 Å². The first kappa shape index (κ1) is 38.8. The molecule has 1 saturated heterocycles. The molecule has 2 fully saturated rings. The largest absolute Gasteiger partial charge is 0.494 e. The summed E-state index contributed by atoms with van der Waals surface area (Å²) in [5.41, 5.74) is -0.597. The second-order valence-electron chi connectivity index (χ2n) is 15.2. The van der Waals surface area contributed by atoms with E-state index in [0.29, 0.717) is 43.1 Å². The van der Waals surface area contributed by atoms with Crippen molar-refractivity contribution in [1.82, 2.24) is 15.2 Å². The number of fused-ring (bicyclic) bond motifs is 2. The van der Waals surface area contributed by atoms with Crippen LogP contribution in [-0.4, -0.2) is 116 Å². The number of hydrogen-bond donors (Lipinski definition) is 4. The monoisotopic (exact) mass is 771 g/mol. The van der Waals surface area contributed by atoms with Gasteiger partial charge in [-0.1, -0.05) is 37.3 Å². The Hall–Kier alpha value is -5.41. The Kier molecular flexibility index (Phi) is 10.1.